The van der Waals surface area contributed by atoms with Gasteiger partial charge in [0.1, 0.15) is 0 Å². The summed E-state index contributed by atoms with van der Waals surface area (Å²) >= 11 is 0. The summed E-state index contributed by atoms with van der Waals surface area (Å²) in [5, 5.41) is 4.70. The van der Waals surface area contributed by atoms with E-state index in [1.165, 1.54) is 5.69 Å². The van der Waals surface area contributed by atoms with Crippen LogP contribution >= 0.6 is 0 Å². The molecule has 0 aliphatic carbocycles. The van der Waals surface area contributed by atoms with Crippen molar-refractivity contribution >= 4 is 0 Å². The van der Waals surface area contributed by atoms with Crippen molar-refractivity contribution in [3.63, 3.8) is 0 Å². The Balaban J connectivity index is 1.82. The summed E-state index contributed by atoms with van der Waals surface area (Å²) in [5.41, 5.74) is 7.04. The summed E-state index contributed by atoms with van der Waals surface area (Å²) in [6, 6.07) is 3.20. The highest BCUT2D eigenvalue weighted by molar-refractivity contribution is 5.00. The fraction of sp³-hybridized carbons (Fsp3) is 0.812. The van der Waals surface area contributed by atoms with E-state index in [0.29, 0.717) is 12.1 Å². The average Bonchev–Trinajstić information content (AvgIpc) is 2.98. The van der Waals surface area contributed by atoms with Crippen molar-refractivity contribution in [3.05, 3.63) is 18.0 Å². The molecular weight excluding hydrogens is 262 g/mol. The van der Waals surface area contributed by atoms with Crippen LogP contribution < -0.4 is 5.73 Å². The molecule has 5 heteroatoms. The van der Waals surface area contributed by atoms with E-state index in [2.05, 4.69) is 47.5 Å². The Bertz CT molecular complexity index is 405. The predicted octanol–water partition coefficient (Wildman–Crippen LogP) is 1.71. The number of nitrogens with zero attached hydrogens (tertiary/aromatic N) is 4. The fourth-order valence-corrected chi connectivity index (χ4v) is 2.98. The summed E-state index contributed by atoms with van der Waals surface area (Å²) < 4.78 is 2.09. The summed E-state index contributed by atoms with van der Waals surface area (Å²) in [6.07, 6.45) is 4.38. The number of hydrogen-bond donors (Lipinski definition) is 1. The molecule has 1 aromatic rings. The second kappa shape index (κ2) is 7.92. The molecule has 2 unspecified atom stereocenters. The van der Waals surface area contributed by atoms with Gasteiger partial charge in [-0.25, -0.2) is 0 Å². The highest BCUT2D eigenvalue weighted by Crippen LogP contribution is 2.13. The van der Waals surface area contributed by atoms with E-state index < -0.39 is 0 Å². The van der Waals surface area contributed by atoms with Crippen molar-refractivity contribution in [3.8, 4) is 0 Å². The maximum atomic E-state index is 5.85. The molecular formula is C16H31N5. The number of nitrogens with two attached hydrogens (primary N) is 1. The highest BCUT2D eigenvalue weighted by atomic mass is 15.3. The second-order valence-corrected chi connectivity index (χ2v) is 6.15. The van der Waals surface area contributed by atoms with Crippen LogP contribution in [0.2, 0.25) is 0 Å². The number of hydrogen-bond acceptors (Lipinski definition) is 4. The molecule has 1 fully saturated rings. The standard InChI is InChI=1S/C16H31N5/c1-4-14(3)21-7-6-15(18-21)13-19-8-10-20(11-9-19)16(5-2)12-17/h6-7,14,16H,4-5,8-13,17H2,1-3H3. The van der Waals surface area contributed by atoms with Gasteiger partial charge >= 0.3 is 0 Å². The highest BCUT2D eigenvalue weighted by Gasteiger charge is 2.22. The molecule has 1 aromatic heterocycles. The quantitative estimate of drug-likeness (QED) is 0.831. The third-order valence-electron chi connectivity index (χ3n) is 4.76. The van der Waals surface area contributed by atoms with E-state index >= 15 is 0 Å². The van der Waals surface area contributed by atoms with E-state index in [-0.39, 0.29) is 0 Å². The van der Waals surface area contributed by atoms with Gasteiger partial charge < -0.3 is 5.73 Å². The van der Waals surface area contributed by atoms with Crippen LogP contribution in [-0.4, -0.2) is 58.3 Å². The fourth-order valence-electron chi connectivity index (χ4n) is 2.98. The van der Waals surface area contributed by atoms with E-state index in [1.54, 1.807) is 0 Å². The van der Waals surface area contributed by atoms with Crippen molar-refractivity contribution in [2.75, 3.05) is 32.7 Å². The molecule has 0 amide bonds. The first kappa shape index (κ1) is 16.5. The van der Waals surface area contributed by atoms with Crippen molar-refractivity contribution in [2.45, 2.75) is 52.2 Å². The first-order chi connectivity index (χ1) is 10.2. The normalized spacial score (nSPS) is 20.6. The average molecular weight is 293 g/mol. The van der Waals surface area contributed by atoms with Crippen LogP contribution in [0.1, 0.15) is 45.3 Å². The molecule has 2 atom stereocenters. The third kappa shape index (κ3) is 4.28. The largest absolute Gasteiger partial charge is 0.329 e. The summed E-state index contributed by atoms with van der Waals surface area (Å²) in [5.74, 6) is 0. The zero-order chi connectivity index (χ0) is 15.2. The van der Waals surface area contributed by atoms with Crippen LogP contribution in [0.15, 0.2) is 12.3 Å². The Labute approximate surface area is 129 Å². The Morgan fingerprint density at radius 3 is 2.48 bits per heavy atom. The minimum absolute atomic E-state index is 0.491. The van der Waals surface area contributed by atoms with E-state index in [4.69, 9.17) is 10.8 Å². The molecule has 0 spiro atoms. The van der Waals surface area contributed by atoms with Gasteiger partial charge in [0.2, 0.25) is 0 Å². The van der Waals surface area contributed by atoms with Gasteiger partial charge in [-0.2, -0.15) is 5.10 Å². The first-order valence-corrected chi connectivity index (χ1v) is 8.38. The van der Waals surface area contributed by atoms with Crippen molar-refractivity contribution in [2.24, 2.45) is 5.73 Å². The van der Waals surface area contributed by atoms with Crippen LogP contribution in [0.25, 0.3) is 0 Å². The molecule has 1 aliphatic rings. The molecule has 1 aliphatic heterocycles. The van der Waals surface area contributed by atoms with Gasteiger partial charge in [0, 0.05) is 57.5 Å². The van der Waals surface area contributed by atoms with Crippen LogP contribution in [-0.2, 0) is 6.54 Å². The van der Waals surface area contributed by atoms with Gasteiger partial charge in [0.15, 0.2) is 0 Å². The number of piperazine rings is 1. The Hall–Kier alpha value is -0.910. The lowest BCUT2D eigenvalue weighted by molar-refractivity contribution is 0.0917. The Morgan fingerprint density at radius 2 is 1.90 bits per heavy atom. The molecule has 2 N–H and O–H groups in total. The number of aromatic nitrogens is 2. The van der Waals surface area contributed by atoms with Crippen molar-refractivity contribution < 1.29 is 0 Å². The van der Waals surface area contributed by atoms with Gasteiger partial charge in [-0.05, 0) is 25.8 Å². The van der Waals surface area contributed by atoms with Crippen molar-refractivity contribution in [1.29, 1.82) is 0 Å². The van der Waals surface area contributed by atoms with Gasteiger partial charge in [-0.15, -0.1) is 0 Å². The summed E-state index contributed by atoms with van der Waals surface area (Å²) in [4.78, 5) is 5.04. The lowest BCUT2D eigenvalue weighted by Gasteiger charge is -2.38. The maximum absolute atomic E-state index is 5.85. The maximum Gasteiger partial charge on any atom is 0.0764 e. The topological polar surface area (TPSA) is 50.3 Å². The first-order valence-electron chi connectivity index (χ1n) is 8.38. The van der Waals surface area contributed by atoms with E-state index in [9.17, 15) is 0 Å². The summed E-state index contributed by atoms with van der Waals surface area (Å²) in [6.45, 7) is 12.9. The molecule has 2 rings (SSSR count). The molecule has 0 saturated carbocycles. The van der Waals surface area contributed by atoms with E-state index in [0.717, 1.165) is 52.1 Å². The molecule has 0 radical (unpaired) electrons. The van der Waals surface area contributed by atoms with E-state index in [1.807, 2.05) is 0 Å². The van der Waals surface area contributed by atoms with Crippen LogP contribution in [0, 0.1) is 0 Å². The molecule has 0 bridgehead atoms. The molecule has 0 aromatic carbocycles. The predicted molar refractivity (Wildman–Crippen MR) is 87.2 cm³/mol. The van der Waals surface area contributed by atoms with Gasteiger partial charge in [0.25, 0.3) is 0 Å². The molecule has 5 nitrogen and oxygen atoms in total. The molecule has 21 heavy (non-hydrogen) atoms. The smallest absolute Gasteiger partial charge is 0.0764 e. The second-order valence-electron chi connectivity index (χ2n) is 6.15. The molecule has 1 saturated heterocycles. The molecule has 2 heterocycles. The minimum Gasteiger partial charge on any atom is -0.329 e. The van der Waals surface area contributed by atoms with Crippen LogP contribution in [0.3, 0.4) is 0 Å². The van der Waals surface area contributed by atoms with Gasteiger partial charge in [0.05, 0.1) is 5.69 Å². The summed E-state index contributed by atoms with van der Waals surface area (Å²) in [7, 11) is 0. The monoisotopic (exact) mass is 293 g/mol. The Morgan fingerprint density at radius 1 is 1.19 bits per heavy atom. The van der Waals surface area contributed by atoms with Gasteiger partial charge in [-0.1, -0.05) is 13.8 Å². The van der Waals surface area contributed by atoms with Crippen LogP contribution in [0.4, 0.5) is 0 Å². The Kier molecular flexibility index (Phi) is 6.21. The minimum atomic E-state index is 0.491. The molecule has 120 valence electrons. The number of rotatable bonds is 7. The van der Waals surface area contributed by atoms with Crippen molar-refractivity contribution in [1.82, 2.24) is 19.6 Å². The van der Waals surface area contributed by atoms with Crippen LogP contribution in [0.5, 0.6) is 0 Å². The zero-order valence-corrected chi connectivity index (χ0v) is 13.8. The van der Waals surface area contributed by atoms with Gasteiger partial charge in [-0.3, -0.25) is 14.5 Å². The zero-order valence-electron chi connectivity index (χ0n) is 13.8. The third-order valence-corrected chi connectivity index (χ3v) is 4.76. The lowest BCUT2D eigenvalue weighted by Crippen LogP contribution is -2.51. The SMILES string of the molecule is CCC(CN)N1CCN(Cc2ccn(C(C)CC)n2)CC1. The lowest BCUT2D eigenvalue weighted by atomic mass is 10.1.